The lowest BCUT2D eigenvalue weighted by molar-refractivity contribution is -0.141. The van der Waals surface area contributed by atoms with Crippen LogP contribution in [0.3, 0.4) is 0 Å². The molecule has 4 rings (SSSR count). The molecular formula is C26H29NO5. The number of ketones is 1. The Morgan fingerprint density at radius 2 is 1.88 bits per heavy atom. The van der Waals surface area contributed by atoms with Gasteiger partial charge in [0.15, 0.2) is 0 Å². The summed E-state index contributed by atoms with van der Waals surface area (Å²) in [6.45, 7) is 4.29. The van der Waals surface area contributed by atoms with E-state index in [1.165, 1.54) is 0 Å². The monoisotopic (exact) mass is 435 g/mol. The molecule has 2 aromatic rings. The topological polar surface area (TPSA) is 76.1 Å². The van der Waals surface area contributed by atoms with Crippen LogP contribution in [0.5, 0.6) is 11.5 Å². The molecule has 168 valence electrons. The second-order valence-corrected chi connectivity index (χ2v) is 8.33. The fourth-order valence-electron chi connectivity index (χ4n) is 4.86. The van der Waals surface area contributed by atoms with E-state index >= 15 is 0 Å². The van der Waals surface area contributed by atoms with Crippen LogP contribution < -0.4 is 9.47 Å². The predicted octanol–water partition coefficient (Wildman–Crippen LogP) is 4.77. The van der Waals surface area contributed by atoms with Gasteiger partial charge in [-0.25, -0.2) is 0 Å². The van der Waals surface area contributed by atoms with Gasteiger partial charge in [0, 0.05) is 11.6 Å². The number of benzene rings is 2. The van der Waals surface area contributed by atoms with Gasteiger partial charge in [-0.2, -0.15) is 0 Å². The van der Waals surface area contributed by atoms with Crippen molar-refractivity contribution in [3.8, 4) is 11.5 Å². The molecule has 1 saturated heterocycles. The van der Waals surface area contributed by atoms with E-state index in [0.29, 0.717) is 23.7 Å². The van der Waals surface area contributed by atoms with Gasteiger partial charge in [0.2, 0.25) is 0 Å². The minimum Gasteiger partial charge on any atom is -0.507 e. The highest BCUT2D eigenvalue weighted by atomic mass is 16.5. The van der Waals surface area contributed by atoms with Gasteiger partial charge < -0.3 is 19.5 Å². The summed E-state index contributed by atoms with van der Waals surface area (Å²) in [6, 6.07) is 12.0. The maximum Gasteiger partial charge on any atom is 0.295 e. The number of hydrogen-bond acceptors (Lipinski definition) is 5. The smallest absolute Gasteiger partial charge is 0.295 e. The van der Waals surface area contributed by atoms with Crippen LogP contribution in [0, 0.1) is 6.92 Å². The molecule has 1 N–H and O–H groups in total. The molecule has 1 aliphatic carbocycles. The molecule has 0 aromatic heterocycles. The van der Waals surface area contributed by atoms with E-state index in [1.54, 1.807) is 30.2 Å². The number of aryl methyl sites for hydroxylation is 1. The molecule has 6 nitrogen and oxygen atoms in total. The van der Waals surface area contributed by atoms with Crippen molar-refractivity contribution in [2.24, 2.45) is 0 Å². The Morgan fingerprint density at radius 1 is 1.12 bits per heavy atom. The SMILES string of the molecule is CCOc1cccc(C2/C(=C(\O)c3ccc(OC)c(C)c3)C(=O)C(=O)N2C2CCCC2)c1. The van der Waals surface area contributed by atoms with Gasteiger partial charge in [-0.05, 0) is 68.1 Å². The largest absolute Gasteiger partial charge is 0.507 e. The molecule has 1 atom stereocenters. The van der Waals surface area contributed by atoms with Gasteiger partial charge in [0.25, 0.3) is 11.7 Å². The van der Waals surface area contributed by atoms with Gasteiger partial charge in [0.1, 0.15) is 17.3 Å². The number of rotatable bonds is 6. The molecule has 1 amide bonds. The Bertz CT molecular complexity index is 1070. The van der Waals surface area contributed by atoms with Crippen LogP contribution in [0.15, 0.2) is 48.0 Å². The molecule has 1 aliphatic heterocycles. The molecule has 0 bridgehead atoms. The first-order valence-electron chi connectivity index (χ1n) is 11.1. The average Bonchev–Trinajstić information content (AvgIpc) is 3.40. The lowest BCUT2D eigenvalue weighted by Crippen LogP contribution is -2.37. The number of likely N-dealkylation sites (tertiary alicyclic amines) is 1. The summed E-state index contributed by atoms with van der Waals surface area (Å²) in [5, 5.41) is 11.3. The highest BCUT2D eigenvalue weighted by Gasteiger charge is 2.49. The number of Topliss-reactive ketones (excluding diaryl/α,β-unsaturated/α-hetero) is 1. The lowest BCUT2D eigenvalue weighted by Gasteiger charge is -2.31. The maximum atomic E-state index is 13.2. The van der Waals surface area contributed by atoms with E-state index < -0.39 is 17.7 Å². The van der Waals surface area contributed by atoms with Gasteiger partial charge in [-0.1, -0.05) is 25.0 Å². The van der Waals surface area contributed by atoms with E-state index in [4.69, 9.17) is 9.47 Å². The van der Waals surface area contributed by atoms with E-state index in [0.717, 1.165) is 36.8 Å². The zero-order valence-electron chi connectivity index (χ0n) is 18.8. The second-order valence-electron chi connectivity index (χ2n) is 8.33. The number of carbonyl (C=O) groups is 2. The molecule has 2 aromatic carbocycles. The van der Waals surface area contributed by atoms with E-state index in [1.807, 2.05) is 38.1 Å². The zero-order chi connectivity index (χ0) is 22.8. The van der Waals surface area contributed by atoms with Crippen molar-refractivity contribution in [3.05, 3.63) is 64.7 Å². The summed E-state index contributed by atoms with van der Waals surface area (Å²) in [5.74, 6) is 0.00261. The molecule has 2 fully saturated rings. The summed E-state index contributed by atoms with van der Waals surface area (Å²) < 4.78 is 11.0. The zero-order valence-corrected chi connectivity index (χ0v) is 18.8. The molecule has 0 radical (unpaired) electrons. The normalized spacial score (nSPS) is 20.7. The van der Waals surface area contributed by atoms with Crippen molar-refractivity contribution in [2.75, 3.05) is 13.7 Å². The van der Waals surface area contributed by atoms with E-state index in [9.17, 15) is 14.7 Å². The number of aliphatic hydroxyl groups excluding tert-OH is 1. The van der Waals surface area contributed by atoms with Crippen LogP contribution in [0.2, 0.25) is 0 Å². The van der Waals surface area contributed by atoms with Crippen molar-refractivity contribution in [3.63, 3.8) is 0 Å². The molecule has 1 unspecified atom stereocenters. The molecule has 1 heterocycles. The molecule has 32 heavy (non-hydrogen) atoms. The number of ether oxygens (including phenoxy) is 2. The lowest BCUT2D eigenvalue weighted by atomic mass is 9.94. The van der Waals surface area contributed by atoms with Crippen molar-refractivity contribution in [2.45, 2.75) is 51.6 Å². The summed E-state index contributed by atoms with van der Waals surface area (Å²) in [6.07, 6.45) is 3.76. The first-order chi connectivity index (χ1) is 15.5. The Kier molecular flexibility index (Phi) is 6.21. The van der Waals surface area contributed by atoms with Crippen LogP contribution >= 0.6 is 0 Å². The Balaban J connectivity index is 1.87. The second kappa shape index (κ2) is 9.07. The number of nitrogens with zero attached hydrogens (tertiary/aromatic N) is 1. The van der Waals surface area contributed by atoms with Gasteiger partial charge in [0.05, 0.1) is 25.3 Å². The van der Waals surface area contributed by atoms with Crippen molar-refractivity contribution >= 4 is 17.4 Å². The number of aliphatic hydroxyl groups is 1. The summed E-state index contributed by atoms with van der Waals surface area (Å²) >= 11 is 0. The molecule has 2 aliphatic rings. The fourth-order valence-corrected chi connectivity index (χ4v) is 4.86. The fraction of sp³-hybridized carbons (Fsp3) is 0.385. The molecule has 0 spiro atoms. The van der Waals surface area contributed by atoms with Crippen LogP contribution in [0.1, 0.15) is 55.3 Å². The number of hydrogen-bond donors (Lipinski definition) is 1. The number of carbonyl (C=O) groups excluding carboxylic acids is 2. The first-order valence-corrected chi connectivity index (χ1v) is 11.1. The quantitative estimate of drug-likeness (QED) is 0.402. The third-order valence-corrected chi connectivity index (χ3v) is 6.35. The summed E-state index contributed by atoms with van der Waals surface area (Å²) in [7, 11) is 1.58. The molecule has 1 saturated carbocycles. The highest BCUT2D eigenvalue weighted by Crippen LogP contribution is 2.44. The summed E-state index contributed by atoms with van der Waals surface area (Å²) in [4.78, 5) is 28.1. The predicted molar refractivity (Wildman–Crippen MR) is 122 cm³/mol. The average molecular weight is 436 g/mol. The van der Waals surface area contributed by atoms with Crippen LogP contribution in [0.25, 0.3) is 5.76 Å². The third kappa shape index (κ3) is 3.85. The molecular weight excluding hydrogens is 406 g/mol. The van der Waals surface area contributed by atoms with Gasteiger partial charge in [-0.15, -0.1) is 0 Å². The minimum atomic E-state index is -0.652. The maximum absolute atomic E-state index is 13.2. The van der Waals surface area contributed by atoms with E-state index in [-0.39, 0.29) is 17.4 Å². The van der Waals surface area contributed by atoms with Gasteiger partial charge >= 0.3 is 0 Å². The van der Waals surface area contributed by atoms with Gasteiger partial charge in [-0.3, -0.25) is 9.59 Å². The van der Waals surface area contributed by atoms with Crippen molar-refractivity contribution < 1.29 is 24.2 Å². The first kappa shape index (κ1) is 21.9. The van der Waals surface area contributed by atoms with Crippen LogP contribution in [0.4, 0.5) is 0 Å². The third-order valence-electron chi connectivity index (χ3n) is 6.35. The Labute approximate surface area is 188 Å². The Hall–Kier alpha value is -3.28. The highest BCUT2D eigenvalue weighted by molar-refractivity contribution is 6.46. The Morgan fingerprint density at radius 3 is 2.53 bits per heavy atom. The van der Waals surface area contributed by atoms with Crippen LogP contribution in [-0.4, -0.2) is 41.5 Å². The number of amides is 1. The van der Waals surface area contributed by atoms with E-state index in [2.05, 4.69) is 0 Å². The molecule has 6 heteroatoms. The number of methoxy groups -OCH3 is 1. The minimum absolute atomic E-state index is 0.0184. The van der Waals surface area contributed by atoms with Crippen molar-refractivity contribution in [1.29, 1.82) is 0 Å². The standard InChI is InChI=1S/C26H29NO5/c1-4-32-20-11-7-8-17(15-20)23-22(24(28)18-12-13-21(31-3)16(2)14-18)25(29)26(30)27(23)19-9-5-6-10-19/h7-8,11-15,19,23,28H,4-6,9-10H2,1-3H3/b24-22+. The van der Waals surface area contributed by atoms with Crippen LogP contribution in [-0.2, 0) is 9.59 Å². The summed E-state index contributed by atoms with van der Waals surface area (Å²) in [5.41, 5.74) is 2.20. The van der Waals surface area contributed by atoms with Crippen molar-refractivity contribution in [1.82, 2.24) is 4.90 Å².